The van der Waals surface area contributed by atoms with E-state index < -0.39 is 0 Å². The number of nitrogens with zero attached hydrogens (tertiary/aromatic N) is 3. The molecule has 1 aromatic heterocycles. The first-order chi connectivity index (χ1) is 12.1. The first-order valence-corrected chi connectivity index (χ1v) is 8.54. The molecule has 128 valence electrons. The number of anilines is 1. The van der Waals surface area contributed by atoms with Crippen LogP contribution in [0.1, 0.15) is 34.0 Å². The summed E-state index contributed by atoms with van der Waals surface area (Å²) in [5.41, 5.74) is 5.06. The molecule has 0 saturated carbocycles. The van der Waals surface area contributed by atoms with Gasteiger partial charge in [0.25, 0.3) is 5.91 Å². The summed E-state index contributed by atoms with van der Waals surface area (Å²) >= 11 is 0. The van der Waals surface area contributed by atoms with Crippen molar-refractivity contribution in [3.05, 3.63) is 83.2 Å². The Kier molecular flexibility index (Phi) is 4.98. The van der Waals surface area contributed by atoms with Crippen molar-refractivity contribution in [3.63, 3.8) is 0 Å². The van der Waals surface area contributed by atoms with Crippen molar-refractivity contribution < 1.29 is 4.79 Å². The summed E-state index contributed by atoms with van der Waals surface area (Å²) < 4.78 is 1.87. The number of carbonyl (C=O) groups is 1. The van der Waals surface area contributed by atoms with Gasteiger partial charge in [-0.25, -0.2) is 0 Å². The fourth-order valence-corrected chi connectivity index (χ4v) is 2.92. The maximum atomic E-state index is 13.0. The van der Waals surface area contributed by atoms with E-state index in [4.69, 9.17) is 0 Å². The van der Waals surface area contributed by atoms with E-state index in [1.54, 1.807) is 6.20 Å². The summed E-state index contributed by atoms with van der Waals surface area (Å²) in [7, 11) is 0. The largest absolute Gasteiger partial charge is 0.308 e. The number of hydrogen-bond donors (Lipinski definition) is 0. The van der Waals surface area contributed by atoms with E-state index >= 15 is 0 Å². The Bertz CT molecular complexity index is 851. The second kappa shape index (κ2) is 7.34. The van der Waals surface area contributed by atoms with Gasteiger partial charge in [0.1, 0.15) is 0 Å². The van der Waals surface area contributed by atoms with E-state index in [9.17, 15) is 4.79 Å². The van der Waals surface area contributed by atoms with E-state index in [0.717, 1.165) is 22.4 Å². The van der Waals surface area contributed by atoms with Gasteiger partial charge in [-0.1, -0.05) is 24.3 Å². The number of rotatable bonds is 5. The first-order valence-electron chi connectivity index (χ1n) is 8.54. The third-order valence-electron chi connectivity index (χ3n) is 4.32. The molecule has 4 heteroatoms. The molecular weight excluding hydrogens is 310 g/mol. The third-order valence-corrected chi connectivity index (χ3v) is 4.32. The fraction of sp³-hybridized carbons (Fsp3) is 0.238. The lowest BCUT2D eigenvalue weighted by Crippen LogP contribution is -2.31. The molecule has 0 aliphatic carbocycles. The van der Waals surface area contributed by atoms with Gasteiger partial charge in [0.05, 0.1) is 6.54 Å². The van der Waals surface area contributed by atoms with Gasteiger partial charge in [0.15, 0.2) is 0 Å². The molecule has 25 heavy (non-hydrogen) atoms. The van der Waals surface area contributed by atoms with Gasteiger partial charge in [-0.05, 0) is 61.7 Å². The van der Waals surface area contributed by atoms with Gasteiger partial charge in [-0.2, -0.15) is 5.10 Å². The number of amides is 1. The van der Waals surface area contributed by atoms with Crippen LogP contribution in [0.15, 0.2) is 60.9 Å². The number of aryl methyl sites for hydroxylation is 2. The Balaban J connectivity index is 1.82. The summed E-state index contributed by atoms with van der Waals surface area (Å²) in [5, 5.41) is 4.21. The van der Waals surface area contributed by atoms with Crippen LogP contribution in [0.2, 0.25) is 0 Å². The molecule has 0 saturated heterocycles. The molecule has 0 unspecified atom stereocenters. The van der Waals surface area contributed by atoms with E-state index in [1.165, 1.54) is 0 Å². The van der Waals surface area contributed by atoms with Crippen LogP contribution in [0.3, 0.4) is 0 Å². The highest BCUT2D eigenvalue weighted by Gasteiger charge is 2.17. The minimum absolute atomic E-state index is 0.0295. The fourth-order valence-electron chi connectivity index (χ4n) is 2.92. The summed E-state index contributed by atoms with van der Waals surface area (Å²) in [4.78, 5) is 14.8. The molecule has 0 spiro atoms. The standard InChI is InChI=1S/C21H23N3O/c1-4-24(20-14-16(2)6-7-17(20)3)21(25)19-10-8-18(9-11-19)15-23-13-5-12-22-23/h5-14H,4,15H2,1-3H3. The molecule has 0 bridgehead atoms. The maximum absolute atomic E-state index is 13.0. The van der Waals surface area contributed by atoms with Crippen molar-refractivity contribution in [1.82, 2.24) is 9.78 Å². The van der Waals surface area contributed by atoms with Crippen LogP contribution in [-0.4, -0.2) is 22.2 Å². The second-order valence-corrected chi connectivity index (χ2v) is 6.24. The van der Waals surface area contributed by atoms with Gasteiger partial charge in [0, 0.05) is 30.2 Å². The van der Waals surface area contributed by atoms with Crippen LogP contribution in [-0.2, 0) is 6.54 Å². The van der Waals surface area contributed by atoms with E-state index in [0.29, 0.717) is 18.7 Å². The first kappa shape index (κ1) is 17.0. The quantitative estimate of drug-likeness (QED) is 0.701. The Morgan fingerprint density at radius 3 is 2.52 bits per heavy atom. The SMILES string of the molecule is CCN(C(=O)c1ccc(Cn2cccn2)cc1)c1cc(C)ccc1C. The molecule has 0 fully saturated rings. The predicted octanol–water partition coefficient (Wildman–Crippen LogP) is 4.21. The van der Waals surface area contributed by atoms with Crippen molar-refractivity contribution in [2.45, 2.75) is 27.3 Å². The van der Waals surface area contributed by atoms with Crippen LogP contribution >= 0.6 is 0 Å². The molecule has 2 aromatic carbocycles. The smallest absolute Gasteiger partial charge is 0.258 e. The number of hydrogen-bond acceptors (Lipinski definition) is 2. The Morgan fingerprint density at radius 1 is 1.12 bits per heavy atom. The predicted molar refractivity (Wildman–Crippen MR) is 101 cm³/mol. The summed E-state index contributed by atoms with van der Waals surface area (Å²) in [6, 6.07) is 15.9. The number of aromatic nitrogens is 2. The van der Waals surface area contributed by atoms with Crippen LogP contribution in [0, 0.1) is 13.8 Å². The highest BCUT2D eigenvalue weighted by Crippen LogP contribution is 2.23. The molecule has 0 aliphatic rings. The Labute approximate surface area is 148 Å². The second-order valence-electron chi connectivity index (χ2n) is 6.24. The molecule has 0 aliphatic heterocycles. The highest BCUT2D eigenvalue weighted by molar-refractivity contribution is 6.06. The molecule has 0 atom stereocenters. The van der Waals surface area contributed by atoms with Crippen LogP contribution in [0.25, 0.3) is 0 Å². The van der Waals surface area contributed by atoms with Crippen molar-refractivity contribution >= 4 is 11.6 Å². The summed E-state index contributed by atoms with van der Waals surface area (Å²) in [6.45, 7) is 7.43. The normalized spacial score (nSPS) is 10.7. The average molecular weight is 333 g/mol. The van der Waals surface area contributed by atoms with Crippen molar-refractivity contribution in [1.29, 1.82) is 0 Å². The van der Waals surface area contributed by atoms with Crippen molar-refractivity contribution in [3.8, 4) is 0 Å². The lowest BCUT2D eigenvalue weighted by atomic mass is 10.1. The number of carbonyl (C=O) groups excluding carboxylic acids is 1. The average Bonchev–Trinajstić information content (AvgIpc) is 3.12. The van der Waals surface area contributed by atoms with E-state index in [-0.39, 0.29) is 5.91 Å². The Hall–Kier alpha value is -2.88. The molecule has 1 heterocycles. The Morgan fingerprint density at radius 2 is 1.88 bits per heavy atom. The van der Waals surface area contributed by atoms with Gasteiger partial charge in [-0.3, -0.25) is 9.48 Å². The van der Waals surface area contributed by atoms with Gasteiger partial charge < -0.3 is 4.90 Å². The van der Waals surface area contributed by atoms with Crippen molar-refractivity contribution in [2.75, 3.05) is 11.4 Å². The molecule has 3 rings (SSSR count). The van der Waals surface area contributed by atoms with Gasteiger partial charge in [-0.15, -0.1) is 0 Å². The molecule has 3 aromatic rings. The lowest BCUT2D eigenvalue weighted by Gasteiger charge is -2.23. The zero-order chi connectivity index (χ0) is 17.8. The van der Waals surface area contributed by atoms with Crippen LogP contribution in [0.4, 0.5) is 5.69 Å². The minimum Gasteiger partial charge on any atom is -0.308 e. The highest BCUT2D eigenvalue weighted by atomic mass is 16.2. The van der Waals surface area contributed by atoms with Crippen LogP contribution in [0.5, 0.6) is 0 Å². The molecule has 0 radical (unpaired) electrons. The van der Waals surface area contributed by atoms with Gasteiger partial charge >= 0.3 is 0 Å². The molecule has 4 nitrogen and oxygen atoms in total. The summed E-state index contributed by atoms with van der Waals surface area (Å²) in [5.74, 6) is 0.0295. The molecule has 0 N–H and O–H groups in total. The van der Waals surface area contributed by atoms with Crippen LogP contribution < -0.4 is 4.90 Å². The topological polar surface area (TPSA) is 38.1 Å². The lowest BCUT2D eigenvalue weighted by molar-refractivity contribution is 0.0988. The monoisotopic (exact) mass is 333 g/mol. The third kappa shape index (κ3) is 3.79. The number of benzene rings is 2. The van der Waals surface area contributed by atoms with Gasteiger partial charge in [0.2, 0.25) is 0 Å². The van der Waals surface area contributed by atoms with E-state index in [2.05, 4.69) is 23.3 Å². The zero-order valence-electron chi connectivity index (χ0n) is 14.9. The summed E-state index contributed by atoms with van der Waals surface area (Å²) in [6.07, 6.45) is 3.69. The zero-order valence-corrected chi connectivity index (χ0v) is 14.9. The minimum atomic E-state index is 0.0295. The molecule has 1 amide bonds. The maximum Gasteiger partial charge on any atom is 0.258 e. The molecular formula is C21H23N3O. The van der Waals surface area contributed by atoms with Crippen molar-refractivity contribution in [2.24, 2.45) is 0 Å². The van der Waals surface area contributed by atoms with E-state index in [1.807, 2.05) is 66.9 Å².